The highest BCUT2D eigenvalue weighted by atomic mass is 16.5. The van der Waals surface area contributed by atoms with E-state index in [2.05, 4.69) is 23.7 Å². The number of aromatic nitrogens is 1. The Morgan fingerprint density at radius 3 is 2.79 bits per heavy atom. The maximum atomic E-state index is 6.01. The molecule has 1 aliphatic rings. The van der Waals surface area contributed by atoms with Gasteiger partial charge in [0.05, 0.1) is 18.8 Å². The minimum atomic E-state index is 0.335. The summed E-state index contributed by atoms with van der Waals surface area (Å²) >= 11 is 0. The first-order valence-corrected chi connectivity index (χ1v) is 7.12. The van der Waals surface area contributed by atoms with Crippen LogP contribution in [0.3, 0.4) is 0 Å². The minimum absolute atomic E-state index is 0.335. The summed E-state index contributed by atoms with van der Waals surface area (Å²) in [4.78, 5) is 4.17. The lowest BCUT2D eigenvalue weighted by Gasteiger charge is -2.28. The molecule has 1 aromatic heterocycles. The van der Waals surface area contributed by atoms with Crippen LogP contribution in [0, 0.1) is 17.8 Å². The zero-order chi connectivity index (χ0) is 13.5. The topological polar surface area (TPSA) is 48.1 Å². The SMILES string of the molecule is CCC1CCC(Oc2cncc(C#CCN)c2)CC1. The molecule has 1 fully saturated rings. The van der Waals surface area contributed by atoms with Gasteiger partial charge in [-0.25, -0.2) is 0 Å². The standard InChI is InChI=1S/C16H22N2O/c1-2-13-5-7-15(8-6-13)19-16-10-14(4-3-9-17)11-18-12-16/h10-13,15H,2,5-9,17H2,1H3. The van der Waals surface area contributed by atoms with Crippen molar-refractivity contribution in [3.8, 4) is 17.6 Å². The summed E-state index contributed by atoms with van der Waals surface area (Å²) < 4.78 is 6.01. The first-order chi connectivity index (χ1) is 9.31. The molecule has 0 amide bonds. The van der Waals surface area contributed by atoms with Crippen molar-refractivity contribution in [1.82, 2.24) is 4.98 Å². The van der Waals surface area contributed by atoms with Crippen LogP contribution in [0.2, 0.25) is 0 Å². The molecule has 0 unspecified atom stereocenters. The van der Waals surface area contributed by atoms with Gasteiger partial charge in [-0.3, -0.25) is 4.98 Å². The van der Waals surface area contributed by atoms with E-state index in [1.807, 2.05) is 6.07 Å². The van der Waals surface area contributed by atoms with E-state index in [4.69, 9.17) is 10.5 Å². The van der Waals surface area contributed by atoms with Gasteiger partial charge in [-0.1, -0.05) is 25.2 Å². The Morgan fingerprint density at radius 1 is 1.32 bits per heavy atom. The Bertz CT molecular complexity index is 453. The average molecular weight is 258 g/mol. The molecule has 102 valence electrons. The van der Waals surface area contributed by atoms with E-state index in [0.29, 0.717) is 12.6 Å². The third-order valence-electron chi connectivity index (χ3n) is 3.72. The second-order valence-electron chi connectivity index (χ2n) is 5.08. The molecule has 19 heavy (non-hydrogen) atoms. The fourth-order valence-corrected chi connectivity index (χ4v) is 2.56. The zero-order valence-electron chi connectivity index (χ0n) is 11.6. The van der Waals surface area contributed by atoms with E-state index >= 15 is 0 Å². The maximum Gasteiger partial charge on any atom is 0.139 e. The normalized spacial score (nSPS) is 22.4. The van der Waals surface area contributed by atoms with Crippen LogP contribution < -0.4 is 10.5 Å². The second-order valence-corrected chi connectivity index (χ2v) is 5.08. The number of hydrogen-bond acceptors (Lipinski definition) is 3. The zero-order valence-corrected chi connectivity index (χ0v) is 11.6. The van der Waals surface area contributed by atoms with Crippen LogP contribution in [-0.2, 0) is 0 Å². The molecule has 2 N–H and O–H groups in total. The van der Waals surface area contributed by atoms with Crippen molar-refractivity contribution < 1.29 is 4.74 Å². The van der Waals surface area contributed by atoms with E-state index in [0.717, 1.165) is 30.1 Å². The van der Waals surface area contributed by atoms with Gasteiger partial charge in [0.15, 0.2) is 0 Å². The van der Waals surface area contributed by atoms with Crippen LogP contribution in [0.1, 0.15) is 44.6 Å². The lowest BCUT2D eigenvalue weighted by molar-refractivity contribution is 0.129. The Kier molecular flexibility index (Phi) is 5.23. The molecule has 0 spiro atoms. The van der Waals surface area contributed by atoms with E-state index in [-0.39, 0.29) is 0 Å². The van der Waals surface area contributed by atoms with Crippen LogP contribution >= 0.6 is 0 Å². The third kappa shape index (κ3) is 4.25. The first-order valence-electron chi connectivity index (χ1n) is 7.12. The van der Waals surface area contributed by atoms with Crippen molar-refractivity contribution in [2.24, 2.45) is 11.7 Å². The Morgan fingerprint density at radius 2 is 2.11 bits per heavy atom. The number of rotatable bonds is 3. The van der Waals surface area contributed by atoms with Crippen LogP contribution in [0.5, 0.6) is 5.75 Å². The lowest BCUT2D eigenvalue weighted by Crippen LogP contribution is -2.23. The molecule has 0 aliphatic heterocycles. The van der Waals surface area contributed by atoms with Gasteiger partial charge in [-0.15, -0.1) is 0 Å². The number of ether oxygens (including phenoxy) is 1. The molecule has 1 saturated carbocycles. The van der Waals surface area contributed by atoms with Gasteiger partial charge in [-0.05, 0) is 37.7 Å². The summed E-state index contributed by atoms with van der Waals surface area (Å²) in [6.45, 7) is 2.64. The highest BCUT2D eigenvalue weighted by Crippen LogP contribution is 2.29. The molecule has 1 aromatic rings. The van der Waals surface area contributed by atoms with Gasteiger partial charge in [-0.2, -0.15) is 0 Å². The highest BCUT2D eigenvalue weighted by Gasteiger charge is 2.21. The van der Waals surface area contributed by atoms with Crippen LogP contribution in [0.15, 0.2) is 18.5 Å². The third-order valence-corrected chi connectivity index (χ3v) is 3.72. The van der Waals surface area contributed by atoms with Crippen molar-refractivity contribution in [1.29, 1.82) is 0 Å². The molecule has 2 rings (SSSR count). The van der Waals surface area contributed by atoms with Crippen molar-refractivity contribution in [2.45, 2.75) is 45.1 Å². The van der Waals surface area contributed by atoms with Gasteiger partial charge in [0.1, 0.15) is 5.75 Å². The summed E-state index contributed by atoms with van der Waals surface area (Å²) in [5.74, 6) is 7.52. The quantitative estimate of drug-likeness (QED) is 0.848. The average Bonchev–Trinajstić information content (AvgIpc) is 2.46. The van der Waals surface area contributed by atoms with Crippen LogP contribution in [-0.4, -0.2) is 17.6 Å². The van der Waals surface area contributed by atoms with E-state index in [1.165, 1.54) is 19.3 Å². The molecule has 0 saturated heterocycles. The largest absolute Gasteiger partial charge is 0.489 e. The molecule has 3 nitrogen and oxygen atoms in total. The van der Waals surface area contributed by atoms with Gasteiger partial charge in [0.2, 0.25) is 0 Å². The highest BCUT2D eigenvalue weighted by molar-refractivity contribution is 5.36. The summed E-state index contributed by atoms with van der Waals surface area (Å²) in [5, 5.41) is 0. The van der Waals surface area contributed by atoms with Gasteiger partial charge < -0.3 is 10.5 Å². The fourth-order valence-electron chi connectivity index (χ4n) is 2.56. The maximum absolute atomic E-state index is 6.01. The van der Waals surface area contributed by atoms with Crippen molar-refractivity contribution >= 4 is 0 Å². The minimum Gasteiger partial charge on any atom is -0.489 e. The molecule has 0 atom stereocenters. The molecular weight excluding hydrogens is 236 g/mol. The summed E-state index contributed by atoms with van der Waals surface area (Å²) in [6, 6.07) is 1.95. The molecule has 3 heteroatoms. The van der Waals surface area contributed by atoms with E-state index in [1.54, 1.807) is 12.4 Å². The number of pyridine rings is 1. The number of hydrogen-bond donors (Lipinski definition) is 1. The number of nitrogens with two attached hydrogens (primary N) is 1. The predicted molar refractivity (Wildman–Crippen MR) is 76.8 cm³/mol. The summed E-state index contributed by atoms with van der Waals surface area (Å²) in [5.41, 5.74) is 6.23. The smallest absolute Gasteiger partial charge is 0.139 e. The van der Waals surface area contributed by atoms with Crippen molar-refractivity contribution in [2.75, 3.05) is 6.54 Å². The van der Waals surface area contributed by atoms with Crippen LogP contribution in [0.4, 0.5) is 0 Å². The van der Waals surface area contributed by atoms with Gasteiger partial charge in [0, 0.05) is 11.8 Å². The molecule has 1 aliphatic carbocycles. The molecule has 0 radical (unpaired) electrons. The first kappa shape index (κ1) is 13.9. The van der Waals surface area contributed by atoms with Crippen LogP contribution in [0.25, 0.3) is 0 Å². The summed E-state index contributed by atoms with van der Waals surface area (Å²) in [6.07, 6.45) is 9.99. The second kappa shape index (κ2) is 7.16. The molecular formula is C16H22N2O. The Balaban J connectivity index is 1.92. The monoisotopic (exact) mass is 258 g/mol. The summed E-state index contributed by atoms with van der Waals surface area (Å²) in [7, 11) is 0. The predicted octanol–water partition coefficient (Wildman–Crippen LogP) is 2.74. The lowest BCUT2D eigenvalue weighted by atomic mass is 9.86. The van der Waals surface area contributed by atoms with E-state index < -0.39 is 0 Å². The Hall–Kier alpha value is -1.53. The number of nitrogens with zero attached hydrogens (tertiary/aromatic N) is 1. The van der Waals surface area contributed by atoms with Crippen molar-refractivity contribution in [3.63, 3.8) is 0 Å². The molecule has 1 heterocycles. The Labute approximate surface area is 115 Å². The van der Waals surface area contributed by atoms with E-state index in [9.17, 15) is 0 Å². The fraction of sp³-hybridized carbons (Fsp3) is 0.562. The van der Waals surface area contributed by atoms with Crippen molar-refractivity contribution in [3.05, 3.63) is 24.0 Å². The molecule has 0 aromatic carbocycles. The van der Waals surface area contributed by atoms with Gasteiger partial charge >= 0.3 is 0 Å². The molecule has 0 bridgehead atoms. The van der Waals surface area contributed by atoms with Gasteiger partial charge in [0.25, 0.3) is 0 Å².